The molecule has 1 unspecified atom stereocenters. The van der Waals surface area contributed by atoms with E-state index >= 15 is 0 Å². The third-order valence-corrected chi connectivity index (χ3v) is 4.53. The molecule has 1 aliphatic carbocycles. The zero-order valence-corrected chi connectivity index (χ0v) is 13.4. The number of hydrogen-bond acceptors (Lipinski definition) is 0. The van der Waals surface area contributed by atoms with Crippen LogP contribution in [-0.4, -0.2) is 0 Å². The largest absolute Gasteiger partial charge is 0.0720 e. The van der Waals surface area contributed by atoms with E-state index in [2.05, 4.69) is 82.3 Å². The quantitative estimate of drug-likeness (QED) is 0.636. The molecule has 0 heteroatoms. The molecule has 0 bridgehead atoms. The van der Waals surface area contributed by atoms with Gasteiger partial charge in [0.05, 0.1) is 0 Å². The Morgan fingerprint density at radius 2 is 1.57 bits per heavy atom. The molecule has 0 aromatic heterocycles. The fourth-order valence-corrected chi connectivity index (χ4v) is 3.26. The first kappa shape index (κ1) is 14.1. The lowest BCUT2D eigenvalue weighted by Crippen LogP contribution is -2.04. The second-order valence-electron chi connectivity index (χ2n) is 6.66. The lowest BCUT2D eigenvalue weighted by Gasteiger charge is -2.21. The van der Waals surface area contributed by atoms with E-state index in [1.807, 2.05) is 0 Å². The van der Waals surface area contributed by atoms with Gasteiger partial charge < -0.3 is 0 Å². The molecule has 0 heterocycles. The maximum absolute atomic E-state index is 2.42. The molecule has 3 rings (SSSR count). The Morgan fingerprint density at radius 3 is 2.29 bits per heavy atom. The van der Waals surface area contributed by atoms with Gasteiger partial charge >= 0.3 is 0 Å². The molecule has 0 radical (unpaired) electrons. The number of hydrogen-bond donors (Lipinski definition) is 0. The van der Waals surface area contributed by atoms with Crippen molar-refractivity contribution in [2.75, 3.05) is 0 Å². The SMILES string of the molecule is CC(C)c1ccc(C2C=Cc3ccccc32)c(C(C)C)c1. The van der Waals surface area contributed by atoms with Gasteiger partial charge in [-0.15, -0.1) is 0 Å². The molecule has 0 nitrogen and oxygen atoms in total. The van der Waals surface area contributed by atoms with Gasteiger partial charge in [-0.1, -0.05) is 82.3 Å². The number of benzene rings is 2. The summed E-state index contributed by atoms with van der Waals surface area (Å²) in [5, 5.41) is 0. The van der Waals surface area contributed by atoms with Crippen LogP contribution >= 0.6 is 0 Å². The highest BCUT2D eigenvalue weighted by molar-refractivity contribution is 5.66. The number of rotatable bonds is 3. The Bertz CT molecular complexity index is 674. The summed E-state index contributed by atoms with van der Waals surface area (Å²) in [5.74, 6) is 1.56. The average Bonchev–Trinajstić information content (AvgIpc) is 2.90. The molecule has 0 spiro atoms. The summed E-state index contributed by atoms with van der Waals surface area (Å²) in [5.41, 5.74) is 7.21. The van der Waals surface area contributed by atoms with Crippen LogP contribution in [0, 0.1) is 0 Å². The molecular formula is C21H24. The Hall–Kier alpha value is -1.82. The summed E-state index contributed by atoms with van der Waals surface area (Å²) in [4.78, 5) is 0. The van der Waals surface area contributed by atoms with Crippen LogP contribution in [0.15, 0.2) is 48.5 Å². The zero-order valence-electron chi connectivity index (χ0n) is 13.4. The summed E-state index contributed by atoms with van der Waals surface area (Å²) in [6.45, 7) is 9.13. The molecule has 0 saturated heterocycles. The van der Waals surface area contributed by atoms with Gasteiger partial charge in [0.1, 0.15) is 0 Å². The second kappa shape index (κ2) is 5.52. The molecular weight excluding hydrogens is 252 g/mol. The molecule has 0 N–H and O–H groups in total. The third kappa shape index (κ3) is 2.55. The van der Waals surface area contributed by atoms with E-state index < -0.39 is 0 Å². The lowest BCUT2D eigenvalue weighted by molar-refractivity contribution is 0.812. The fraction of sp³-hybridized carbons (Fsp3) is 0.333. The minimum absolute atomic E-state index is 0.416. The summed E-state index contributed by atoms with van der Waals surface area (Å²) in [7, 11) is 0. The molecule has 2 aromatic carbocycles. The highest BCUT2D eigenvalue weighted by atomic mass is 14.3. The first-order valence-electron chi connectivity index (χ1n) is 7.98. The minimum Gasteiger partial charge on any atom is -0.0720 e. The van der Waals surface area contributed by atoms with E-state index in [4.69, 9.17) is 0 Å². The lowest BCUT2D eigenvalue weighted by atomic mass is 9.84. The smallest absolute Gasteiger partial charge is 0.0281 e. The Morgan fingerprint density at radius 1 is 0.810 bits per heavy atom. The van der Waals surface area contributed by atoms with Crippen molar-refractivity contribution in [3.8, 4) is 0 Å². The van der Waals surface area contributed by atoms with E-state index in [0.717, 1.165) is 0 Å². The van der Waals surface area contributed by atoms with Crippen molar-refractivity contribution in [3.05, 3.63) is 76.4 Å². The maximum Gasteiger partial charge on any atom is 0.0281 e. The van der Waals surface area contributed by atoms with Gasteiger partial charge in [0.15, 0.2) is 0 Å². The number of fused-ring (bicyclic) bond motifs is 1. The van der Waals surface area contributed by atoms with E-state index in [-0.39, 0.29) is 0 Å². The topological polar surface area (TPSA) is 0 Å². The Labute approximate surface area is 128 Å². The van der Waals surface area contributed by atoms with Gasteiger partial charge in [0, 0.05) is 5.92 Å². The van der Waals surface area contributed by atoms with Gasteiger partial charge in [0.2, 0.25) is 0 Å². The summed E-state index contributed by atoms with van der Waals surface area (Å²) in [6.07, 6.45) is 4.61. The molecule has 2 aromatic rings. The first-order chi connectivity index (χ1) is 10.1. The molecule has 0 saturated carbocycles. The highest BCUT2D eigenvalue weighted by Gasteiger charge is 2.22. The zero-order chi connectivity index (χ0) is 15.0. The maximum atomic E-state index is 2.42. The molecule has 0 aliphatic heterocycles. The van der Waals surface area contributed by atoms with E-state index in [0.29, 0.717) is 17.8 Å². The van der Waals surface area contributed by atoms with Gasteiger partial charge in [-0.2, -0.15) is 0 Å². The summed E-state index contributed by atoms with van der Waals surface area (Å²) < 4.78 is 0. The van der Waals surface area contributed by atoms with Crippen molar-refractivity contribution >= 4 is 6.08 Å². The molecule has 1 aliphatic rings. The molecule has 0 amide bonds. The van der Waals surface area contributed by atoms with Crippen LogP contribution in [0.25, 0.3) is 6.08 Å². The van der Waals surface area contributed by atoms with Crippen LogP contribution in [-0.2, 0) is 0 Å². The first-order valence-corrected chi connectivity index (χ1v) is 7.98. The van der Waals surface area contributed by atoms with Crippen LogP contribution in [0.1, 0.15) is 73.3 Å². The molecule has 0 fully saturated rings. The van der Waals surface area contributed by atoms with Crippen LogP contribution in [0.3, 0.4) is 0 Å². The van der Waals surface area contributed by atoms with Gasteiger partial charge in [-0.25, -0.2) is 0 Å². The van der Waals surface area contributed by atoms with Gasteiger partial charge in [0.25, 0.3) is 0 Å². The van der Waals surface area contributed by atoms with Crippen molar-refractivity contribution in [1.29, 1.82) is 0 Å². The summed E-state index contributed by atoms with van der Waals surface area (Å²) in [6, 6.07) is 15.8. The molecule has 1 atom stereocenters. The molecule has 21 heavy (non-hydrogen) atoms. The standard InChI is InChI=1S/C21H24/c1-14(2)17-10-12-20(21(13-17)15(3)4)19-11-9-16-7-5-6-8-18(16)19/h5-15,19H,1-4H3. The van der Waals surface area contributed by atoms with Crippen molar-refractivity contribution in [3.63, 3.8) is 0 Å². The number of allylic oxidation sites excluding steroid dienone is 1. The Kier molecular flexibility index (Phi) is 3.71. The van der Waals surface area contributed by atoms with Crippen molar-refractivity contribution < 1.29 is 0 Å². The minimum atomic E-state index is 0.416. The predicted octanol–water partition coefficient (Wildman–Crippen LogP) is 6.09. The van der Waals surface area contributed by atoms with Crippen LogP contribution in [0.2, 0.25) is 0 Å². The van der Waals surface area contributed by atoms with Gasteiger partial charge in [-0.3, -0.25) is 0 Å². The van der Waals surface area contributed by atoms with Crippen molar-refractivity contribution in [2.24, 2.45) is 0 Å². The van der Waals surface area contributed by atoms with Crippen LogP contribution in [0.5, 0.6) is 0 Å². The fourth-order valence-electron chi connectivity index (χ4n) is 3.26. The van der Waals surface area contributed by atoms with E-state index in [1.54, 1.807) is 0 Å². The van der Waals surface area contributed by atoms with Crippen LogP contribution < -0.4 is 0 Å². The highest BCUT2D eigenvalue weighted by Crippen LogP contribution is 2.39. The van der Waals surface area contributed by atoms with Gasteiger partial charge in [-0.05, 0) is 39.7 Å². The third-order valence-electron chi connectivity index (χ3n) is 4.53. The average molecular weight is 276 g/mol. The predicted molar refractivity (Wildman–Crippen MR) is 91.9 cm³/mol. The van der Waals surface area contributed by atoms with Crippen molar-refractivity contribution in [2.45, 2.75) is 45.4 Å². The van der Waals surface area contributed by atoms with Crippen molar-refractivity contribution in [1.82, 2.24) is 0 Å². The van der Waals surface area contributed by atoms with E-state index in [9.17, 15) is 0 Å². The summed E-state index contributed by atoms with van der Waals surface area (Å²) >= 11 is 0. The normalized spacial score (nSPS) is 16.8. The monoisotopic (exact) mass is 276 g/mol. The Balaban J connectivity index is 2.09. The molecule has 108 valence electrons. The van der Waals surface area contributed by atoms with E-state index in [1.165, 1.54) is 27.8 Å². The second-order valence-corrected chi connectivity index (χ2v) is 6.66. The van der Waals surface area contributed by atoms with Crippen LogP contribution in [0.4, 0.5) is 0 Å².